The highest BCUT2D eigenvalue weighted by atomic mass is 19.4. The quantitative estimate of drug-likeness (QED) is 0.664. The third kappa shape index (κ3) is 2.90. The molecule has 4 rings (SSSR count). The molecule has 0 bridgehead atoms. The van der Waals surface area contributed by atoms with Gasteiger partial charge in [-0.1, -0.05) is 24.3 Å². The second-order valence-corrected chi connectivity index (χ2v) is 6.47. The Balaban J connectivity index is 1.76. The fourth-order valence-electron chi connectivity index (χ4n) is 3.57. The van der Waals surface area contributed by atoms with Gasteiger partial charge in [0.1, 0.15) is 23.5 Å². The first-order chi connectivity index (χ1) is 12.5. The summed E-state index contributed by atoms with van der Waals surface area (Å²) < 4.78 is 39.0. The molecule has 8 heteroatoms. The number of hydrogen-bond acceptors (Lipinski definition) is 4. The maximum absolute atomic E-state index is 13.0. The molecular weight excluding hydrogens is 345 g/mol. The van der Waals surface area contributed by atoms with Crippen molar-refractivity contribution >= 4 is 16.9 Å². The van der Waals surface area contributed by atoms with E-state index in [9.17, 15) is 18.3 Å². The van der Waals surface area contributed by atoms with Crippen LogP contribution in [0.3, 0.4) is 0 Å². The molecule has 0 unspecified atom stereocenters. The minimum Gasteiger partial charge on any atom is -0.396 e. The Hall–Kier alpha value is -2.61. The SMILES string of the molecule is OC[C@@H]1CCc2ccccc2[C@H]1Nc1ncnc2[nH]c(C(F)(F)F)cc12. The normalized spacial score (nSPS) is 20.2. The molecule has 3 aromatic rings. The lowest BCUT2D eigenvalue weighted by Gasteiger charge is -2.33. The Morgan fingerprint density at radius 2 is 2.04 bits per heavy atom. The summed E-state index contributed by atoms with van der Waals surface area (Å²) in [6.45, 7) is -0.0127. The highest BCUT2D eigenvalue weighted by molar-refractivity contribution is 5.88. The summed E-state index contributed by atoms with van der Waals surface area (Å²) in [7, 11) is 0. The predicted molar refractivity (Wildman–Crippen MR) is 90.6 cm³/mol. The standard InChI is InChI=1S/C18H17F3N4O/c19-18(20,21)14-7-13-16(24-14)22-9-23-17(13)25-15-11(8-26)6-5-10-3-1-2-4-12(10)15/h1-4,7,9,11,15,26H,5-6,8H2,(H2,22,23,24,25)/t11-,15-/m0/s1. The van der Waals surface area contributed by atoms with Crippen molar-refractivity contribution in [2.24, 2.45) is 5.92 Å². The molecule has 0 radical (unpaired) electrons. The summed E-state index contributed by atoms with van der Waals surface area (Å²) in [4.78, 5) is 10.3. The van der Waals surface area contributed by atoms with E-state index in [2.05, 4.69) is 20.3 Å². The molecule has 0 spiro atoms. The van der Waals surface area contributed by atoms with Gasteiger partial charge in [-0.05, 0) is 30.0 Å². The topological polar surface area (TPSA) is 73.8 Å². The number of aromatic amines is 1. The second-order valence-electron chi connectivity index (χ2n) is 6.47. The molecule has 0 amide bonds. The van der Waals surface area contributed by atoms with Gasteiger partial charge in [-0.3, -0.25) is 0 Å². The third-order valence-electron chi connectivity index (χ3n) is 4.90. The van der Waals surface area contributed by atoms with Crippen LogP contribution in [-0.4, -0.2) is 26.7 Å². The number of aliphatic hydroxyl groups is 1. The number of fused-ring (bicyclic) bond motifs is 2. The van der Waals surface area contributed by atoms with Crippen molar-refractivity contribution in [3.05, 3.63) is 53.5 Å². The van der Waals surface area contributed by atoms with Crippen molar-refractivity contribution in [3.63, 3.8) is 0 Å². The number of alkyl halides is 3. The average molecular weight is 362 g/mol. The van der Waals surface area contributed by atoms with Crippen molar-refractivity contribution in [3.8, 4) is 0 Å². The van der Waals surface area contributed by atoms with Crippen LogP contribution in [0.2, 0.25) is 0 Å². The summed E-state index contributed by atoms with van der Waals surface area (Å²) in [6.07, 6.45) is -1.60. The van der Waals surface area contributed by atoms with Crippen molar-refractivity contribution in [1.29, 1.82) is 0 Å². The smallest absolute Gasteiger partial charge is 0.396 e. The van der Waals surface area contributed by atoms with Crippen LogP contribution in [0.1, 0.15) is 29.3 Å². The Kier molecular flexibility index (Phi) is 4.07. The largest absolute Gasteiger partial charge is 0.431 e. The van der Waals surface area contributed by atoms with E-state index in [1.807, 2.05) is 24.3 Å². The van der Waals surface area contributed by atoms with Crippen molar-refractivity contribution < 1.29 is 18.3 Å². The van der Waals surface area contributed by atoms with Gasteiger partial charge >= 0.3 is 6.18 Å². The lowest BCUT2D eigenvalue weighted by molar-refractivity contribution is -0.140. The molecule has 26 heavy (non-hydrogen) atoms. The number of anilines is 1. The Morgan fingerprint density at radius 3 is 2.81 bits per heavy atom. The summed E-state index contributed by atoms with van der Waals surface area (Å²) >= 11 is 0. The fraction of sp³-hybridized carbons (Fsp3) is 0.333. The van der Waals surface area contributed by atoms with Crippen LogP contribution in [0.15, 0.2) is 36.7 Å². The first kappa shape index (κ1) is 16.8. The van der Waals surface area contributed by atoms with E-state index in [1.54, 1.807) is 0 Å². The zero-order valence-electron chi connectivity index (χ0n) is 13.7. The number of aromatic nitrogens is 3. The number of rotatable bonds is 3. The molecule has 0 saturated carbocycles. The molecule has 2 atom stereocenters. The average Bonchev–Trinajstić information content (AvgIpc) is 3.08. The summed E-state index contributed by atoms with van der Waals surface area (Å²) in [6, 6.07) is 8.67. The highest BCUT2D eigenvalue weighted by Crippen LogP contribution is 2.38. The molecule has 1 aliphatic carbocycles. The number of aliphatic hydroxyl groups excluding tert-OH is 1. The van der Waals surface area contributed by atoms with Gasteiger partial charge < -0.3 is 15.4 Å². The number of benzene rings is 1. The summed E-state index contributed by atoms with van der Waals surface area (Å²) in [5.74, 6) is 0.276. The number of nitrogens with zero attached hydrogens (tertiary/aromatic N) is 2. The minimum atomic E-state index is -4.48. The third-order valence-corrected chi connectivity index (χ3v) is 4.90. The molecule has 136 valence electrons. The van der Waals surface area contributed by atoms with Crippen LogP contribution in [0.4, 0.5) is 19.0 Å². The van der Waals surface area contributed by atoms with Crippen LogP contribution in [0.25, 0.3) is 11.0 Å². The van der Waals surface area contributed by atoms with E-state index < -0.39 is 11.9 Å². The maximum atomic E-state index is 13.0. The van der Waals surface area contributed by atoms with Crippen LogP contribution in [0.5, 0.6) is 0 Å². The van der Waals surface area contributed by atoms with Gasteiger partial charge in [-0.25, -0.2) is 9.97 Å². The van der Waals surface area contributed by atoms with Crippen LogP contribution >= 0.6 is 0 Å². The van der Waals surface area contributed by atoms with E-state index in [1.165, 1.54) is 11.9 Å². The fourth-order valence-corrected chi connectivity index (χ4v) is 3.57. The molecule has 5 nitrogen and oxygen atoms in total. The maximum Gasteiger partial charge on any atom is 0.431 e. The molecule has 1 aromatic carbocycles. The van der Waals surface area contributed by atoms with E-state index in [0.29, 0.717) is 5.82 Å². The first-order valence-electron chi connectivity index (χ1n) is 8.33. The first-order valence-corrected chi connectivity index (χ1v) is 8.33. The monoisotopic (exact) mass is 362 g/mol. The molecule has 3 N–H and O–H groups in total. The summed E-state index contributed by atoms with van der Waals surface area (Å²) in [5, 5.41) is 13.3. The predicted octanol–water partition coefficient (Wildman–Crippen LogP) is 3.68. The van der Waals surface area contributed by atoms with Crippen LogP contribution in [0, 0.1) is 5.92 Å². The lowest BCUT2D eigenvalue weighted by atomic mass is 9.80. The lowest BCUT2D eigenvalue weighted by Crippen LogP contribution is -2.29. The number of hydrogen-bond donors (Lipinski definition) is 3. The van der Waals surface area contributed by atoms with Gasteiger partial charge in [0, 0.05) is 12.5 Å². The Labute approximate surface area is 147 Å². The molecule has 2 heterocycles. The second kappa shape index (κ2) is 6.28. The van der Waals surface area contributed by atoms with E-state index >= 15 is 0 Å². The zero-order valence-corrected chi connectivity index (χ0v) is 13.7. The molecule has 0 fully saturated rings. The zero-order chi connectivity index (χ0) is 18.3. The summed E-state index contributed by atoms with van der Waals surface area (Å²) in [5.41, 5.74) is 1.47. The molecule has 1 aliphatic rings. The van der Waals surface area contributed by atoms with Crippen molar-refractivity contribution in [2.45, 2.75) is 25.1 Å². The van der Waals surface area contributed by atoms with Gasteiger partial charge in [0.2, 0.25) is 0 Å². The molecular formula is C18H17F3N4O. The van der Waals surface area contributed by atoms with Gasteiger partial charge in [0.05, 0.1) is 11.4 Å². The van der Waals surface area contributed by atoms with Crippen molar-refractivity contribution in [1.82, 2.24) is 15.0 Å². The van der Waals surface area contributed by atoms with E-state index in [4.69, 9.17) is 0 Å². The number of halogens is 3. The highest BCUT2D eigenvalue weighted by Gasteiger charge is 2.34. The van der Waals surface area contributed by atoms with Gasteiger partial charge in [-0.15, -0.1) is 0 Å². The van der Waals surface area contributed by atoms with E-state index in [-0.39, 0.29) is 29.6 Å². The Bertz CT molecular complexity index is 938. The van der Waals surface area contributed by atoms with Gasteiger partial charge in [-0.2, -0.15) is 13.2 Å². The molecule has 2 aromatic heterocycles. The minimum absolute atomic E-state index is 0.0127. The number of nitrogens with one attached hydrogen (secondary N) is 2. The number of aryl methyl sites for hydroxylation is 1. The van der Waals surface area contributed by atoms with Crippen molar-refractivity contribution in [2.75, 3.05) is 11.9 Å². The van der Waals surface area contributed by atoms with Crippen LogP contribution in [-0.2, 0) is 12.6 Å². The molecule has 0 aliphatic heterocycles. The number of H-pyrrole nitrogens is 1. The molecule has 0 saturated heterocycles. The van der Waals surface area contributed by atoms with Gasteiger partial charge in [0.15, 0.2) is 0 Å². The Morgan fingerprint density at radius 1 is 1.23 bits per heavy atom. The van der Waals surface area contributed by atoms with Gasteiger partial charge in [0.25, 0.3) is 0 Å². The van der Waals surface area contributed by atoms with E-state index in [0.717, 1.165) is 24.5 Å². The van der Waals surface area contributed by atoms with Crippen LogP contribution < -0.4 is 5.32 Å².